The van der Waals surface area contributed by atoms with Gasteiger partial charge >= 0.3 is 0 Å². The van der Waals surface area contributed by atoms with Gasteiger partial charge in [0.05, 0.1) is 0 Å². The third-order valence-electron chi connectivity index (χ3n) is 2.87. The number of aromatic amines is 1. The molecule has 0 aliphatic heterocycles. The van der Waals surface area contributed by atoms with E-state index < -0.39 is 0 Å². The highest BCUT2D eigenvalue weighted by molar-refractivity contribution is 5.20. The maximum Gasteiger partial charge on any atom is 0.267 e. The van der Waals surface area contributed by atoms with E-state index in [1.54, 1.807) is 0 Å². The molecule has 1 heterocycles. The number of nitrogens with zero attached hydrogens (tertiary/aromatic N) is 1. The number of hydrogen-bond acceptors (Lipinski definition) is 1. The van der Waals surface area contributed by atoms with Gasteiger partial charge in [-0.15, -0.1) is 0 Å². The van der Waals surface area contributed by atoms with Crippen LogP contribution in [0.3, 0.4) is 0 Å². The normalized spacial score (nSPS) is 12.1. The molecule has 98 valence electrons. The summed E-state index contributed by atoms with van der Waals surface area (Å²) in [5, 5.41) is 2.98. The van der Waals surface area contributed by atoms with E-state index in [4.69, 9.17) is 0 Å². The van der Waals surface area contributed by atoms with Gasteiger partial charge in [0.2, 0.25) is 0 Å². The van der Waals surface area contributed by atoms with E-state index in [0.29, 0.717) is 17.9 Å². The van der Waals surface area contributed by atoms with Crippen LogP contribution in [0.4, 0.5) is 0 Å². The first kappa shape index (κ1) is 14.1. The first-order valence-electron chi connectivity index (χ1n) is 6.65. The molecule has 0 amide bonds. The van der Waals surface area contributed by atoms with Crippen molar-refractivity contribution in [3.63, 3.8) is 0 Å². The Morgan fingerprint density at radius 2 is 1.53 bits per heavy atom. The largest absolute Gasteiger partial charge is 0.286 e. The van der Waals surface area contributed by atoms with E-state index in [1.165, 1.54) is 5.69 Å². The van der Waals surface area contributed by atoms with E-state index in [-0.39, 0.29) is 5.56 Å². The smallest absolute Gasteiger partial charge is 0.267 e. The minimum atomic E-state index is 0.100. The van der Waals surface area contributed by atoms with E-state index in [0.717, 1.165) is 18.4 Å². The van der Waals surface area contributed by atoms with Gasteiger partial charge in [0.1, 0.15) is 0 Å². The molecule has 1 aromatic rings. The number of aromatic nitrogens is 2. The fourth-order valence-corrected chi connectivity index (χ4v) is 2.19. The Hall–Kier alpha value is -0.990. The molecule has 17 heavy (non-hydrogen) atoms. The van der Waals surface area contributed by atoms with Crippen molar-refractivity contribution in [1.29, 1.82) is 0 Å². The summed E-state index contributed by atoms with van der Waals surface area (Å²) in [4.78, 5) is 12.0. The van der Waals surface area contributed by atoms with Crippen molar-refractivity contribution in [3.8, 4) is 0 Å². The van der Waals surface area contributed by atoms with Crippen LogP contribution in [0, 0.1) is 11.8 Å². The fraction of sp³-hybridized carbons (Fsp3) is 0.786. The number of rotatable bonds is 5. The van der Waals surface area contributed by atoms with E-state index in [9.17, 15) is 4.79 Å². The Morgan fingerprint density at radius 1 is 1.00 bits per heavy atom. The minimum Gasteiger partial charge on any atom is -0.286 e. The summed E-state index contributed by atoms with van der Waals surface area (Å²) in [6.07, 6.45) is 1.84. The Balaban J connectivity index is 3.21. The summed E-state index contributed by atoms with van der Waals surface area (Å²) in [7, 11) is 0. The van der Waals surface area contributed by atoms with Gasteiger partial charge in [0.25, 0.3) is 5.56 Å². The summed E-state index contributed by atoms with van der Waals surface area (Å²) in [6.45, 7) is 12.9. The molecule has 1 N–H and O–H groups in total. The van der Waals surface area contributed by atoms with Crippen LogP contribution in [-0.2, 0) is 12.8 Å². The Bertz CT molecular complexity index is 410. The van der Waals surface area contributed by atoms with Crippen molar-refractivity contribution < 1.29 is 0 Å². The maximum absolute atomic E-state index is 12.0. The van der Waals surface area contributed by atoms with Crippen molar-refractivity contribution in [2.45, 2.75) is 60.4 Å². The molecule has 1 aromatic heterocycles. The topological polar surface area (TPSA) is 37.8 Å². The first-order valence-corrected chi connectivity index (χ1v) is 6.65. The van der Waals surface area contributed by atoms with Crippen molar-refractivity contribution >= 4 is 0 Å². The van der Waals surface area contributed by atoms with Gasteiger partial charge in [0.15, 0.2) is 0 Å². The van der Waals surface area contributed by atoms with E-state index in [2.05, 4.69) is 46.6 Å². The standard InChI is InChI=1S/C14H26N2O/c1-9(2)7-12-13(8-10(3)4)16(11(5)6)15-14(12)17/h9-11H,7-8H2,1-6H3,(H,15,17). The highest BCUT2D eigenvalue weighted by Gasteiger charge is 2.18. The van der Waals surface area contributed by atoms with Crippen LogP contribution in [0.2, 0.25) is 0 Å². The predicted molar refractivity (Wildman–Crippen MR) is 72.5 cm³/mol. The molecule has 0 aliphatic rings. The second-order valence-electron chi connectivity index (χ2n) is 6.03. The second-order valence-corrected chi connectivity index (χ2v) is 6.03. The average Bonchev–Trinajstić information content (AvgIpc) is 2.44. The molecular weight excluding hydrogens is 212 g/mol. The molecule has 0 saturated heterocycles. The van der Waals surface area contributed by atoms with Crippen LogP contribution in [0.5, 0.6) is 0 Å². The molecule has 0 bridgehead atoms. The molecule has 1 rings (SSSR count). The third kappa shape index (κ3) is 3.48. The summed E-state index contributed by atoms with van der Waals surface area (Å²) >= 11 is 0. The summed E-state index contributed by atoms with van der Waals surface area (Å²) < 4.78 is 2.04. The van der Waals surface area contributed by atoms with Gasteiger partial charge in [-0.1, -0.05) is 27.7 Å². The first-order chi connectivity index (χ1) is 7.82. The lowest BCUT2D eigenvalue weighted by Gasteiger charge is -2.15. The van der Waals surface area contributed by atoms with Crippen molar-refractivity contribution in [2.24, 2.45) is 11.8 Å². The molecule has 3 heteroatoms. The van der Waals surface area contributed by atoms with E-state index in [1.807, 2.05) is 4.68 Å². The third-order valence-corrected chi connectivity index (χ3v) is 2.87. The van der Waals surface area contributed by atoms with Crippen molar-refractivity contribution in [3.05, 3.63) is 21.6 Å². The van der Waals surface area contributed by atoms with Gasteiger partial charge in [-0.05, 0) is 38.5 Å². The van der Waals surface area contributed by atoms with Crippen molar-refractivity contribution in [1.82, 2.24) is 9.78 Å². The average molecular weight is 238 g/mol. The molecule has 0 unspecified atom stereocenters. The van der Waals surface area contributed by atoms with Crippen LogP contribution in [0.15, 0.2) is 4.79 Å². The van der Waals surface area contributed by atoms with Crippen molar-refractivity contribution in [2.75, 3.05) is 0 Å². The summed E-state index contributed by atoms with van der Waals surface area (Å²) in [5.74, 6) is 1.09. The Labute approximate surface area is 104 Å². The Kier molecular flexibility index (Phi) is 4.61. The molecular formula is C14H26N2O. The number of H-pyrrole nitrogens is 1. The van der Waals surface area contributed by atoms with Gasteiger partial charge in [-0.2, -0.15) is 0 Å². The van der Waals surface area contributed by atoms with Gasteiger partial charge in [-0.3, -0.25) is 14.6 Å². The summed E-state index contributed by atoms with van der Waals surface area (Å²) in [6, 6.07) is 0.317. The fourth-order valence-electron chi connectivity index (χ4n) is 2.19. The van der Waals surface area contributed by atoms with Crippen LogP contribution < -0.4 is 5.56 Å². The second kappa shape index (κ2) is 5.56. The number of hydrogen-bond donors (Lipinski definition) is 1. The zero-order valence-electron chi connectivity index (χ0n) is 12.0. The molecule has 0 atom stereocenters. The highest BCUT2D eigenvalue weighted by Crippen LogP contribution is 2.17. The zero-order valence-corrected chi connectivity index (χ0v) is 12.0. The monoisotopic (exact) mass is 238 g/mol. The van der Waals surface area contributed by atoms with Gasteiger partial charge in [0, 0.05) is 17.3 Å². The van der Waals surface area contributed by atoms with Crippen LogP contribution in [0.1, 0.15) is 58.8 Å². The lowest BCUT2D eigenvalue weighted by atomic mass is 9.98. The molecule has 3 nitrogen and oxygen atoms in total. The Morgan fingerprint density at radius 3 is 1.94 bits per heavy atom. The van der Waals surface area contributed by atoms with E-state index >= 15 is 0 Å². The van der Waals surface area contributed by atoms with Gasteiger partial charge < -0.3 is 0 Å². The minimum absolute atomic E-state index is 0.100. The molecule has 0 saturated carbocycles. The summed E-state index contributed by atoms with van der Waals surface area (Å²) in [5.41, 5.74) is 2.29. The quantitative estimate of drug-likeness (QED) is 0.840. The SMILES string of the molecule is CC(C)Cc1c(CC(C)C)n(C(C)C)[nH]c1=O. The lowest BCUT2D eigenvalue weighted by molar-refractivity contribution is 0.483. The van der Waals surface area contributed by atoms with Crippen LogP contribution in [-0.4, -0.2) is 9.78 Å². The molecule has 0 aromatic carbocycles. The highest BCUT2D eigenvalue weighted by atomic mass is 16.1. The zero-order chi connectivity index (χ0) is 13.2. The predicted octanol–water partition coefficient (Wildman–Crippen LogP) is 3.15. The maximum atomic E-state index is 12.0. The molecule has 0 fully saturated rings. The molecule has 0 aliphatic carbocycles. The van der Waals surface area contributed by atoms with Crippen LogP contribution in [0.25, 0.3) is 0 Å². The van der Waals surface area contributed by atoms with Gasteiger partial charge in [-0.25, -0.2) is 0 Å². The molecule has 0 radical (unpaired) electrons. The molecule has 0 spiro atoms. The lowest BCUT2D eigenvalue weighted by Crippen LogP contribution is -2.11. The number of nitrogens with one attached hydrogen (secondary N) is 1. The van der Waals surface area contributed by atoms with Crippen LogP contribution >= 0.6 is 0 Å².